The number of nitrogens with one attached hydrogen (secondary N) is 2. The molecule has 0 saturated heterocycles. The number of aromatic nitrogens is 2. The first-order valence-corrected chi connectivity index (χ1v) is 6.83. The van der Waals surface area contributed by atoms with Crippen molar-refractivity contribution in [3.63, 3.8) is 0 Å². The summed E-state index contributed by atoms with van der Waals surface area (Å²) in [5.41, 5.74) is 0.731. The van der Waals surface area contributed by atoms with Gasteiger partial charge < -0.3 is 10.4 Å². The van der Waals surface area contributed by atoms with Crippen molar-refractivity contribution in [3.8, 4) is 0 Å². The Morgan fingerprint density at radius 1 is 1.32 bits per heavy atom. The van der Waals surface area contributed by atoms with Crippen molar-refractivity contribution in [2.75, 3.05) is 6.54 Å². The lowest BCUT2D eigenvalue weighted by Gasteiger charge is -2.16. The number of rotatable bonds is 5. The Bertz CT molecular complexity index is 720. The molecule has 0 aliphatic heterocycles. The van der Waals surface area contributed by atoms with Gasteiger partial charge in [0.05, 0.1) is 0 Å². The molecule has 114 valence electrons. The summed E-state index contributed by atoms with van der Waals surface area (Å²) in [4.78, 5) is 22.7. The second kappa shape index (κ2) is 5.25. The maximum Gasteiger partial charge on any atom is 0.353 e. The van der Waals surface area contributed by atoms with Crippen LogP contribution in [0.3, 0.4) is 0 Å². The Morgan fingerprint density at radius 2 is 2.00 bits per heavy atom. The van der Waals surface area contributed by atoms with Crippen molar-refractivity contribution >= 4 is 11.9 Å². The smallest absolute Gasteiger partial charge is 0.353 e. The molecule has 1 fully saturated rings. The third-order valence-electron chi connectivity index (χ3n) is 3.94. The summed E-state index contributed by atoms with van der Waals surface area (Å²) in [5, 5.41) is 17.5. The number of H-pyrrole nitrogens is 1. The van der Waals surface area contributed by atoms with E-state index in [0.717, 1.165) is 18.4 Å². The van der Waals surface area contributed by atoms with Crippen LogP contribution in [0.4, 0.5) is 4.39 Å². The average Bonchev–Trinajstić information content (AvgIpc) is 3.11. The summed E-state index contributed by atoms with van der Waals surface area (Å²) < 4.78 is 13.0. The molecule has 6 nitrogen and oxygen atoms in total. The van der Waals surface area contributed by atoms with E-state index in [0.29, 0.717) is 6.54 Å². The Morgan fingerprint density at radius 3 is 2.55 bits per heavy atom. The van der Waals surface area contributed by atoms with E-state index in [1.807, 2.05) is 0 Å². The van der Waals surface area contributed by atoms with Crippen LogP contribution in [0.2, 0.25) is 0 Å². The number of nitrogens with zero attached hydrogens (tertiary/aromatic N) is 1. The largest absolute Gasteiger partial charge is 0.477 e. The first kappa shape index (κ1) is 14.2. The van der Waals surface area contributed by atoms with Gasteiger partial charge in [0.25, 0.3) is 5.91 Å². The zero-order valence-electron chi connectivity index (χ0n) is 11.6. The monoisotopic (exact) mass is 303 g/mol. The fourth-order valence-electron chi connectivity index (χ4n) is 2.41. The molecule has 0 spiro atoms. The van der Waals surface area contributed by atoms with E-state index >= 15 is 0 Å². The summed E-state index contributed by atoms with van der Waals surface area (Å²) in [5.74, 6) is -1.89. The van der Waals surface area contributed by atoms with Crippen LogP contribution in [0.1, 0.15) is 39.4 Å². The Hall–Kier alpha value is -2.70. The van der Waals surface area contributed by atoms with Gasteiger partial charge in [0.15, 0.2) is 5.69 Å². The van der Waals surface area contributed by atoms with E-state index < -0.39 is 11.9 Å². The van der Waals surface area contributed by atoms with Crippen LogP contribution >= 0.6 is 0 Å². The highest BCUT2D eigenvalue weighted by Gasteiger charge is 2.44. The SMILES string of the molecule is O=C(NCC1(c2ccc(F)cc2)CC1)c1cc(C(=O)O)[nH]n1. The molecule has 22 heavy (non-hydrogen) atoms. The summed E-state index contributed by atoms with van der Waals surface area (Å²) in [6.45, 7) is 0.409. The Labute approximate surface area is 125 Å². The van der Waals surface area contributed by atoms with Crippen molar-refractivity contribution in [3.05, 3.63) is 53.1 Å². The standard InChI is InChI=1S/C15H14FN3O3/c16-10-3-1-9(2-4-10)15(5-6-15)8-17-13(20)11-7-12(14(21)22)19-18-11/h1-4,7H,5-6,8H2,(H,17,20)(H,18,19)(H,21,22). The molecule has 2 aromatic rings. The molecule has 0 unspecified atom stereocenters. The molecule has 1 amide bonds. The lowest BCUT2D eigenvalue weighted by Crippen LogP contribution is -2.32. The van der Waals surface area contributed by atoms with Gasteiger partial charge in [-0.15, -0.1) is 0 Å². The maximum absolute atomic E-state index is 13.0. The predicted octanol–water partition coefficient (Wildman–Crippen LogP) is 1.71. The molecule has 1 aliphatic rings. The highest BCUT2D eigenvalue weighted by Crippen LogP contribution is 2.47. The second-order valence-corrected chi connectivity index (χ2v) is 5.44. The molecule has 1 aromatic heterocycles. The van der Waals surface area contributed by atoms with Crippen molar-refractivity contribution in [1.82, 2.24) is 15.5 Å². The van der Waals surface area contributed by atoms with Crippen LogP contribution in [0.25, 0.3) is 0 Å². The van der Waals surface area contributed by atoms with Gasteiger partial charge in [-0.2, -0.15) is 5.10 Å². The predicted molar refractivity (Wildman–Crippen MR) is 75.2 cm³/mol. The molecule has 1 aromatic carbocycles. The van der Waals surface area contributed by atoms with Gasteiger partial charge in [0.1, 0.15) is 11.5 Å². The van der Waals surface area contributed by atoms with Crippen LogP contribution < -0.4 is 5.32 Å². The van der Waals surface area contributed by atoms with Crippen LogP contribution in [0.5, 0.6) is 0 Å². The quantitative estimate of drug-likeness (QED) is 0.783. The number of carboxylic acid groups (broad SMARTS) is 1. The second-order valence-electron chi connectivity index (χ2n) is 5.44. The number of benzene rings is 1. The number of carboxylic acids is 1. The zero-order valence-corrected chi connectivity index (χ0v) is 11.6. The minimum Gasteiger partial charge on any atom is -0.477 e. The van der Waals surface area contributed by atoms with Crippen LogP contribution in [0.15, 0.2) is 30.3 Å². The first-order valence-electron chi connectivity index (χ1n) is 6.83. The first-order chi connectivity index (χ1) is 10.5. The number of carbonyl (C=O) groups excluding carboxylic acids is 1. The molecule has 7 heteroatoms. The number of aromatic amines is 1. The van der Waals surface area contributed by atoms with Gasteiger partial charge in [0, 0.05) is 18.0 Å². The molecule has 0 radical (unpaired) electrons. The summed E-state index contributed by atoms with van der Waals surface area (Å²) in [6.07, 6.45) is 1.83. The number of carbonyl (C=O) groups is 2. The lowest BCUT2D eigenvalue weighted by molar-refractivity contribution is 0.0690. The van der Waals surface area contributed by atoms with E-state index in [4.69, 9.17) is 5.11 Å². The zero-order chi connectivity index (χ0) is 15.7. The molecule has 3 rings (SSSR count). The van der Waals surface area contributed by atoms with Crippen LogP contribution in [-0.4, -0.2) is 33.7 Å². The van der Waals surface area contributed by atoms with Crippen molar-refractivity contribution in [2.24, 2.45) is 0 Å². The normalized spacial score (nSPS) is 15.3. The number of halogens is 1. The fourth-order valence-corrected chi connectivity index (χ4v) is 2.41. The lowest BCUT2D eigenvalue weighted by atomic mass is 9.96. The number of hydrogen-bond donors (Lipinski definition) is 3. The van der Waals surface area contributed by atoms with Gasteiger partial charge in [0.2, 0.25) is 0 Å². The minimum atomic E-state index is -1.17. The Kier molecular flexibility index (Phi) is 3.40. The van der Waals surface area contributed by atoms with Gasteiger partial charge in [-0.05, 0) is 30.5 Å². The minimum absolute atomic E-state index is 0.0345. The number of amides is 1. The summed E-state index contributed by atoms with van der Waals surface area (Å²) in [7, 11) is 0. The van der Waals surface area contributed by atoms with E-state index in [1.165, 1.54) is 18.2 Å². The van der Waals surface area contributed by atoms with Gasteiger partial charge in [-0.1, -0.05) is 12.1 Å². The van der Waals surface area contributed by atoms with Crippen molar-refractivity contribution in [2.45, 2.75) is 18.3 Å². The van der Waals surface area contributed by atoms with E-state index in [1.54, 1.807) is 12.1 Å². The van der Waals surface area contributed by atoms with E-state index in [-0.39, 0.29) is 22.6 Å². The van der Waals surface area contributed by atoms with E-state index in [9.17, 15) is 14.0 Å². The molecule has 1 heterocycles. The van der Waals surface area contributed by atoms with Crippen LogP contribution in [0, 0.1) is 5.82 Å². The molecule has 3 N–H and O–H groups in total. The number of hydrogen-bond acceptors (Lipinski definition) is 3. The topological polar surface area (TPSA) is 95.1 Å². The van der Waals surface area contributed by atoms with Gasteiger partial charge in [-0.25, -0.2) is 9.18 Å². The third-order valence-corrected chi connectivity index (χ3v) is 3.94. The highest BCUT2D eigenvalue weighted by molar-refractivity contribution is 5.95. The molecule has 1 saturated carbocycles. The molecular formula is C15H14FN3O3. The van der Waals surface area contributed by atoms with Gasteiger partial charge >= 0.3 is 5.97 Å². The Balaban J connectivity index is 1.65. The molecule has 0 bridgehead atoms. The third kappa shape index (κ3) is 2.69. The summed E-state index contributed by atoms with van der Waals surface area (Å²) >= 11 is 0. The highest BCUT2D eigenvalue weighted by atomic mass is 19.1. The number of aromatic carboxylic acids is 1. The maximum atomic E-state index is 13.0. The van der Waals surface area contributed by atoms with Gasteiger partial charge in [-0.3, -0.25) is 9.89 Å². The summed E-state index contributed by atoms with van der Waals surface area (Å²) in [6, 6.07) is 7.46. The van der Waals surface area contributed by atoms with Crippen molar-refractivity contribution < 1.29 is 19.1 Å². The van der Waals surface area contributed by atoms with Crippen LogP contribution in [-0.2, 0) is 5.41 Å². The molecule has 0 atom stereocenters. The average molecular weight is 303 g/mol. The van der Waals surface area contributed by atoms with Crippen molar-refractivity contribution in [1.29, 1.82) is 0 Å². The van der Waals surface area contributed by atoms with E-state index in [2.05, 4.69) is 15.5 Å². The molecular weight excluding hydrogens is 289 g/mol. The molecule has 1 aliphatic carbocycles. The fraction of sp³-hybridized carbons (Fsp3) is 0.267.